The summed E-state index contributed by atoms with van der Waals surface area (Å²) in [6, 6.07) is 14.3. The lowest BCUT2D eigenvalue weighted by atomic mass is 10.1. The zero-order valence-corrected chi connectivity index (χ0v) is 15.7. The number of ether oxygens (including phenoxy) is 1. The molecule has 1 heterocycles. The van der Waals surface area contributed by atoms with Crippen LogP contribution in [0.4, 0.5) is 30.6 Å². The van der Waals surface area contributed by atoms with E-state index in [-0.39, 0.29) is 11.6 Å². The molecule has 0 unspecified atom stereocenters. The number of hydrogen-bond acceptors (Lipinski definition) is 6. The van der Waals surface area contributed by atoms with Crippen LogP contribution in [-0.2, 0) is 4.79 Å². The van der Waals surface area contributed by atoms with E-state index in [1.54, 1.807) is 12.1 Å². The second-order valence-corrected chi connectivity index (χ2v) is 6.28. The molecule has 0 saturated heterocycles. The van der Waals surface area contributed by atoms with E-state index in [4.69, 9.17) is 5.11 Å². The summed E-state index contributed by atoms with van der Waals surface area (Å²) in [5.74, 6) is -1.17. The molecule has 3 rings (SSSR count). The minimum atomic E-state index is -4.82. The minimum absolute atomic E-state index is 0.00616. The number of rotatable bonds is 7. The third-order valence-corrected chi connectivity index (χ3v) is 3.81. The SMILES string of the molecule is Cc1ccc(Nc2cc(-c3cccc(OC(F)(F)F)c3)nc(NCC(=O)O)n2)cc1. The molecule has 30 heavy (non-hydrogen) atoms. The number of aliphatic carboxylic acids is 1. The fraction of sp³-hybridized carbons (Fsp3) is 0.150. The van der Waals surface area contributed by atoms with Gasteiger partial charge in [-0.05, 0) is 31.2 Å². The summed E-state index contributed by atoms with van der Waals surface area (Å²) in [5.41, 5.74) is 2.41. The summed E-state index contributed by atoms with van der Waals surface area (Å²) < 4.78 is 41.5. The summed E-state index contributed by atoms with van der Waals surface area (Å²) in [7, 11) is 0. The Morgan fingerprint density at radius 2 is 1.83 bits per heavy atom. The van der Waals surface area contributed by atoms with Crippen LogP contribution < -0.4 is 15.4 Å². The fourth-order valence-corrected chi connectivity index (χ4v) is 2.53. The molecule has 0 aliphatic heterocycles. The average molecular weight is 418 g/mol. The molecule has 0 aliphatic rings. The normalized spacial score (nSPS) is 11.1. The summed E-state index contributed by atoms with van der Waals surface area (Å²) >= 11 is 0. The maximum absolute atomic E-state index is 12.5. The molecule has 3 N–H and O–H groups in total. The molecule has 2 aromatic carbocycles. The summed E-state index contributed by atoms with van der Waals surface area (Å²) in [5, 5.41) is 14.5. The number of carboxylic acid groups (broad SMARTS) is 1. The fourth-order valence-electron chi connectivity index (χ4n) is 2.53. The number of aromatic nitrogens is 2. The monoisotopic (exact) mass is 418 g/mol. The van der Waals surface area contributed by atoms with Crippen molar-refractivity contribution in [3.05, 3.63) is 60.2 Å². The lowest BCUT2D eigenvalue weighted by molar-refractivity contribution is -0.274. The highest BCUT2D eigenvalue weighted by atomic mass is 19.4. The lowest BCUT2D eigenvalue weighted by Gasteiger charge is -2.12. The quantitative estimate of drug-likeness (QED) is 0.516. The Morgan fingerprint density at radius 1 is 1.10 bits per heavy atom. The first-order chi connectivity index (χ1) is 14.2. The number of hydrogen-bond donors (Lipinski definition) is 3. The highest BCUT2D eigenvalue weighted by Crippen LogP contribution is 2.29. The second-order valence-electron chi connectivity index (χ2n) is 6.28. The number of nitrogens with zero attached hydrogens (tertiary/aromatic N) is 2. The standard InChI is InChI=1S/C20H17F3N4O3/c1-12-5-7-14(8-6-12)25-17-10-16(26-19(27-17)24-11-18(28)29)13-3-2-4-15(9-13)30-20(21,22)23/h2-10H,11H2,1H3,(H,28,29)(H2,24,25,26,27). The van der Waals surface area contributed by atoms with E-state index in [0.717, 1.165) is 11.3 Å². The zero-order chi connectivity index (χ0) is 21.7. The average Bonchev–Trinajstić information content (AvgIpc) is 2.67. The first-order valence-electron chi connectivity index (χ1n) is 8.72. The van der Waals surface area contributed by atoms with Crippen LogP contribution in [0.15, 0.2) is 54.6 Å². The Bertz CT molecular complexity index is 1040. The van der Waals surface area contributed by atoms with Crippen molar-refractivity contribution in [1.29, 1.82) is 0 Å². The molecule has 0 aliphatic carbocycles. The van der Waals surface area contributed by atoms with Crippen LogP contribution in [0.1, 0.15) is 5.56 Å². The van der Waals surface area contributed by atoms with E-state index < -0.39 is 24.6 Å². The van der Waals surface area contributed by atoms with Crippen molar-refractivity contribution in [3.8, 4) is 17.0 Å². The van der Waals surface area contributed by atoms with Gasteiger partial charge in [0, 0.05) is 17.3 Å². The smallest absolute Gasteiger partial charge is 0.480 e. The van der Waals surface area contributed by atoms with Crippen molar-refractivity contribution >= 4 is 23.4 Å². The highest BCUT2D eigenvalue weighted by molar-refractivity contribution is 5.73. The Balaban J connectivity index is 1.96. The Hall–Kier alpha value is -3.82. The van der Waals surface area contributed by atoms with E-state index in [9.17, 15) is 18.0 Å². The minimum Gasteiger partial charge on any atom is -0.480 e. The molecule has 0 bridgehead atoms. The number of aryl methyl sites for hydroxylation is 1. The molecule has 10 heteroatoms. The van der Waals surface area contributed by atoms with E-state index >= 15 is 0 Å². The molecule has 0 fully saturated rings. The largest absolute Gasteiger partial charge is 0.573 e. The maximum atomic E-state index is 12.5. The number of nitrogens with one attached hydrogen (secondary N) is 2. The van der Waals surface area contributed by atoms with E-state index in [1.807, 2.05) is 31.2 Å². The zero-order valence-electron chi connectivity index (χ0n) is 15.7. The molecule has 7 nitrogen and oxygen atoms in total. The van der Waals surface area contributed by atoms with Crippen LogP contribution in [0.5, 0.6) is 5.75 Å². The van der Waals surface area contributed by atoms with Gasteiger partial charge >= 0.3 is 12.3 Å². The van der Waals surface area contributed by atoms with Crippen molar-refractivity contribution in [1.82, 2.24) is 9.97 Å². The van der Waals surface area contributed by atoms with Crippen LogP contribution >= 0.6 is 0 Å². The Morgan fingerprint density at radius 3 is 2.50 bits per heavy atom. The molecule has 0 radical (unpaired) electrons. The van der Waals surface area contributed by atoms with Crippen LogP contribution in [0, 0.1) is 6.92 Å². The van der Waals surface area contributed by atoms with Gasteiger partial charge in [-0.15, -0.1) is 13.2 Å². The third-order valence-electron chi connectivity index (χ3n) is 3.81. The van der Waals surface area contributed by atoms with Gasteiger partial charge in [0.25, 0.3) is 0 Å². The molecule has 0 amide bonds. The van der Waals surface area contributed by atoms with Crippen molar-refractivity contribution in [2.75, 3.05) is 17.2 Å². The Kier molecular flexibility index (Phi) is 6.05. The van der Waals surface area contributed by atoms with Gasteiger partial charge in [0.15, 0.2) is 0 Å². The Labute approximate surface area is 169 Å². The van der Waals surface area contributed by atoms with Crippen molar-refractivity contribution < 1.29 is 27.8 Å². The first-order valence-corrected chi connectivity index (χ1v) is 8.72. The van der Waals surface area contributed by atoms with Crippen LogP contribution in [-0.4, -0.2) is 34.0 Å². The number of alkyl halides is 3. The van der Waals surface area contributed by atoms with Crippen LogP contribution in [0.2, 0.25) is 0 Å². The second kappa shape index (κ2) is 8.68. The summed E-state index contributed by atoms with van der Waals surface area (Å²) in [4.78, 5) is 19.3. The first kappa shape index (κ1) is 20.9. The molecule has 1 aromatic heterocycles. The molecule has 0 atom stereocenters. The van der Waals surface area contributed by atoms with E-state index in [2.05, 4.69) is 25.3 Å². The van der Waals surface area contributed by atoms with Gasteiger partial charge in [0.2, 0.25) is 5.95 Å². The predicted octanol–water partition coefficient (Wildman–Crippen LogP) is 4.59. The molecule has 3 aromatic rings. The molecule has 0 saturated carbocycles. The number of carbonyl (C=O) groups is 1. The molecule has 0 spiro atoms. The van der Waals surface area contributed by atoms with Crippen molar-refractivity contribution in [3.63, 3.8) is 0 Å². The van der Waals surface area contributed by atoms with E-state index in [0.29, 0.717) is 11.4 Å². The number of halogens is 3. The van der Waals surface area contributed by atoms with Crippen molar-refractivity contribution in [2.45, 2.75) is 13.3 Å². The van der Waals surface area contributed by atoms with Gasteiger partial charge in [-0.1, -0.05) is 29.8 Å². The number of carboxylic acids is 1. The molecule has 156 valence electrons. The topological polar surface area (TPSA) is 96.4 Å². The predicted molar refractivity (Wildman–Crippen MR) is 105 cm³/mol. The van der Waals surface area contributed by atoms with Gasteiger partial charge < -0.3 is 20.5 Å². The van der Waals surface area contributed by atoms with Gasteiger partial charge in [-0.3, -0.25) is 4.79 Å². The molecular weight excluding hydrogens is 401 g/mol. The highest BCUT2D eigenvalue weighted by Gasteiger charge is 2.31. The summed E-state index contributed by atoms with van der Waals surface area (Å²) in [6.45, 7) is 1.52. The van der Waals surface area contributed by atoms with Gasteiger partial charge in [0.1, 0.15) is 18.1 Å². The van der Waals surface area contributed by atoms with Crippen LogP contribution in [0.3, 0.4) is 0 Å². The maximum Gasteiger partial charge on any atom is 0.573 e. The van der Waals surface area contributed by atoms with Crippen molar-refractivity contribution in [2.24, 2.45) is 0 Å². The number of benzene rings is 2. The third kappa shape index (κ3) is 6.09. The molecular formula is C20H17F3N4O3. The van der Waals surface area contributed by atoms with Crippen LogP contribution in [0.25, 0.3) is 11.3 Å². The van der Waals surface area contributed by atoms with Gasteiger partial charge in [-0.2, -0.15) is 4.98 Å². The summed E-state index contributed by atoms with van der Waals surface area (Å²) in [6.07, 6.45) is -4.82. The number of anilines is 3. The van der Waals surface area contributed by atoms with Gasteiger partial charge in [-0.25, -0.2) is 4.98 Å². The lowest BCUT2D eigenvalue weighted by Crippen LogP contribution is -2.17. The van der Waals surface area contributed by atoms with E-state index in [1.165, 1.54) is 18.2 Å². The van der Waals surface area contributed by atoms with Gasteiger partial charge in [0.05, 0.1) is 5.69 Å².